The molecule has 5 heteroatoms. The number of methoxy groups -OCH3 is 1. The maximum Gasteiger partial charge on any atom is 0.224 e. The van der Waals surface area contributed by atoms with Crippen molar-refractivity contribution in [3.05, 3.63) is 83.9 Å². The van der Waals surface area contributed by atoms with E-state index in [4.69, 9.17) is 9.47 Å². The molecule has 31 heavy (non-hydrogen) atoms. The van der Waals surface area contributed by atoms with E-state index < -0.39 is 0 Å². The van der Waals surface area contributed by atoms with E-state index in [9.17, 15) is 4.79 Å². The second-order valence-corrected chi connectivity index (χ2v) is 7.84. The van der Waals surface area contributed by atoms with Crippen molar-refractivity contribution >= 4 is 17.3 Å². The fourth-order valence-electron chi connectivity index (χ4n) is 3.17. The number of hydrogen-bond acceptors (Lipinski definition) is 4. The van der Waals surface area contributed by atoms with Crippen LogP contribution in [0.25, 0.3) is 0 Å². The molecule has 3 aromatic rings. The summed E-state index contributed by atoms with van der Waals surface area (Å²) >= 11 is 0. The molecule has 0 atom stereocenters. The first-order valence-electron chi connectivity index (χ1n) is 10.5. The minimum atomic E-state index is 0.0305. The molecule has 0 aliphatic carbocycles. The van der Waals surface area contributed by atoms with Gasteiger partial charge in [0, 0.05) is 24.3 Å². The molecule has 0 bridgehead atoms. The molecular formula is C26H30N2O3. The molecular weight excluding hydrogens is 388 g/mol. The number of benzene rings is 3. The molecule has 0 saturated carbocycles. The van der Waals surface area contributed by atoms with Crippen molar-refractivity contribution in [1.82, 2.24) is 0 Å². The molecule has 0 spiro atoms. The Morgan fingerprint density at radius 1 is 0.871 bits per heavy atom. The Labute approximate surface area is 184 Å². The average molecular weight is 419 g/mol. The first-order valence-corrected chi connectivity index (χ1v) is 10.5. The Morgan fingerprint density at radius 2 is 1.65 bits per heavy atom. The van der Waals surface area contributed by atoms with Gasteiger partial charge in [-0.1, -0.05) is 56.3 Å². The summed E-state index contributed by atoms with van der Waals surface area (Å²) in [6.07, 6.45) is 0.510. The van der Waals surface area contributed by atoms with Crippen LogP contribution in [0.2, 0.25) is 0 Å². The normalized spacial score (nSPS) is 10.6. The zero-order chi connectivity index (χ0) is 22.1. The minimum absolute atomic E-state index is 0.0305. The van der Waals surface area contributed by atoms with Crippen LogP contribution in [0.15, 0.2) is 72.8 Å². The molecule has 1 amide bonds. The second-order valence-electron chi connectivity index (χ2n) is 7.84. The van der Waals surface area contributed by atoms with E-state index in [0.717, 1.165) is 22.5 Å². The minimum Gasteiger partial charge on any atom is -0.493 e. The van der Waals surface area contributed by atoms with E-state index in [0.29, 0.717) is 37.0 Å². The number of hydrogen-bond donors (Lipinski definition) is 2. The summed E-state index contributed by atoms with van der Waals surface area (Å²) in [6.45, 7) is 5.18. The monoisotopic (exact) mass is 418 g/mol. The van der Waals surface area contributed by atoms with Crippen LogP contribution < -0.4 is 20.1 Å². The summed E-state index contributed by atoms with van der Waals surface area (Å²) in [5, 5.41) is 6.35. The van der Waals surface area contributed by atoms with Crippen LogP contribution in [0.3, 0.4) is 0 Å². The summed E-state index contributed by atoms with van der Waals surface area (Å²) < 4.78 is 11.4. The van der Waals surface area contributed by atoms with Crippen molar-refractivity contribution in [2.45, 2.75) is 33.4 Å². The molecule has 0 aliphatic rings. The molecule has 0 saturated heterocycles. The SMILES string of the molecule is COc1cc(CNc2cccc(NC(=O)CC(C)C)c2)ccc1OCc1ccccc1. The lowest BCUT2D eigenvalue weighted by Crippen LogP contribution is -2.13. The van der Waals surface area contributed by atoms with Crippen molar-refractivity contribution in [3.63, 3.8) is 0 Å². The number of ether oxygens (including phenoxy) is 2. The highest BCUT2D eigenvalue weighted by atomic mass is 16.5. The van der Waals surface area contributed by atoms with Gasteiger partial charge in [-0.05, 0) is 47.4 Å². The quantitative estimate of drug-likeness (QED) is 0.432. The van der Waals surface area contributed by atoms with Gasteiger partial charge in [-0.2, -0.15) is 0 Å². The number of anilines is 2. The lowest BCUT2D eigenvalue weighted by atomic mass is 10.1. The molecule has 162 valence electrons. The second kappa shape index (κ2) is 11.1. The van der Waals surface area contributed by atoms with Gasteiger partial charge in [-0.15, -0.1) is 0 Å². The summed E-state index contributed by atoms with van der Waals surface area (Å²) in [4.78, 5) is 12.0. The molecule has 0 unspecified atom stereocenters. The molecule has 3 rings (SSSR count). The van der Waals surface area contributed by atoms with Crippen molar-refractivity contribution in [3.8, 4) is 11.5 Å². The molecule has 3 aromatic carbocycles. The van der Waals surface area contributed by atoms with Crippen LogP contribution in [0.5, 0.6) is 11.5 Å². The maximum absolute atomic E-state index is 12.0. The van der Waals surface area contributed by atoms with Crippen molar-refractivity contribution in [2.75, 3.05) is 17.7 Å². The van der Waals surface area contributed by atoms with Crippen LogP contribution in [0, 0.1) is 5.92 Å². The Kier molecular flexibility index (Phi) is 7.93. The predicted molar refractivity (Wildman–Crippen MR) is 126 cm³/mol. The van der Waals surface area contributed by atoms with Crippen LogP contribution in [-0.2, 0) is 17.9 Å². The molecule has 2 N–H and O–H groups in total. The number of carbonyl (C=O) groups is 1. The topological polar surface area (TPSA) is 59.6 Å². The molecule has 0 aliphatic heterocycles. The summed E-state index contributed by atoms with van der Waals surface area (Å²) in [7, 11) is 1.64. The van der Waals surface area contributed by atoms with Gasteiger partial charge < -0.3 is 20.1 Å². The van der Waals surface area contributed by atoms with Crippen molar-refractivity contribution in [1.29, 1.82) is 0 Å². The number of carbonyl (C=O) groups excluding carboxylic acids is 1. The smallest absolute Gasteiger partial charge is 0.224 e. The molecule has 0 radical (unpaired) electrons. The summed E-state index contributed by atoms with van der Waals surface area (Å²) in [6, 6.07) is 23.7. The fourth-order valence-corrected chi connectivity index (χ4v) is 3.17. The van der Waals surface area contributed by atoms with Crippen molar-refractivity contribution in [2.24, 2.45) is 5.92 Å². The number of nitrogens with one attached hydrogen (secondary N) is 2. The van der Waals surface area contributed by atoms with Crippen LogP contribution in [0.4, 0.5) is 11.4 Å². The van der Waals surface area contributed by atoms with E-state index in [-0.39, 0.29) is 5.91 Å². The highest BCUT2D eigenvalue weighted by molar-refractivity contribution is 5.91. The third-order valence-corrected chi connectivity index (χ3v) is 4.70. The van der Waals surface area contributed by atoms with Gasteiger partial charge in [0.05, 0.1) is 7.11 Å². The largest absolute Gasteiger partial charge is 0.493 e. The first kappa shape index (κ1) is 22.2. The first-order chi connectivity index (χ1) is 15.0. The Hall–Kier alpha value is -3.47. The zero-order valence-corrected chi connectivity index (χ0v) is 18.4. The molecule has 0 aromatic heterocycles. The number of amides is 1. The third-order valence-electron chi connectivity index (χ3n) is 4.70. The summed E-state index contributed by atoms with van der Waals surface area (Å²) in [5.74, 6) is 1.77. The molecule has 5 nitrogen and oxygen atoms in total. The van der Waals surface area contributed by atoms with Gasteiger partial charge in [0.15, 0.2) is 11.5 Å². The van der Waals surface area contributed by atoms with E-state index in [1.54, 1.807) is 7.11 Å². The van der Waals surface area contributed by atoms with E-state index in [1.165, 1.54) is 0 Å². The third kappa shape index (κ3) is 7.07. The van der Waals surface area contributed by atoms with Crippen LogP contribution >= 0.6 is 0 Å². The van der Waals surface area contributed by atoms with Gasteiger partial charge >= 0.3 is 0 Å². The average Bonchev–Trinajstić information content (AvgIpc) is 2.77. The van der Waals surface area contributed by atoms with E-state index in [2.05, 4.69) is 10.6 Å². The highest BCUT2D eigenvalue weighted by Crippen LogP contribution is 2.29. The molecule has 0 heterocycles. The van der Waals surface area contributed by atoms with Gasteiger partial charge in [-0.25, -0.2) is 0 Å². The lowest BCUT2D eigenvalue weighted by molar-refractivity contribution is -0.116. The van der Waals surface area contributed by atoms with Crippen molar-refractivity contribution < 1.29 is 14.3 Å². The Balaban J connectivity index is 1.59. The van der Waals surface area contributed by atoms with Gasteiger partial charge in [-0.3, -0.25) is 4.79 Å². The zero-order valence-electron chi connectivity index (χ0n) is 18.4. The van der Waals surface area contributed by atoms with Gasteiger partial charge in [0.2, 0.25) is 5.91 Å². The van der Waals surface area contributed by atoms with Crippen LogP contribution in [0.1, 0.15) is 31.4 Å². The standard InChI is InChI=1S/C26H30N2O3/c1-19(2)14-26(29)28-23-11-7-10-22(16-23)27-17-21-12-13-24(25(15-21)30-3)31-18-20-8-5-4-6-9-20/h4-13,15-16,19,27H,14,17-18H2,1-3H3,(H,28,29). The van der Waals surface area contributed by atoms with E-state index >= 15 is 0 Å². The number of rotatable bonds is 10. The highest BCUT2D eigenvalue weighted by Gasteiger charge is 2.08. The Bertz CT molecular complexity index is 987. The maximum atomic E-state index is 12.0. The van der Waals surface area contributed by atoms with E-state index in [1.807, 2.05) is 86.6 Å². The van der Waals surface area contributed by atoms with Crippen LogP contribution in [-0.4, -0.2) is 13.0 Å². The lowest BCUT2D eigenvalue weighted by Gasteiger charge is -2.14. The molecule has 0 fully saturated rings. The Morgan fingerprint density at radius 3 is 2.39 bits per heavy atom. The fraction of sp³-hybridized carbons (Fsp3) is 0.269. The van der Waals surface area contributed by atoms with Gasteiger partial charge in [0.25, 0.3) is 0 Å². The summed E-state index contributed by atoms with van der Waals surface area (Å²) in [5.41, 5.74) is 3.90. The predicted octanol–water partition coefficient (Wildman–Crippen LogP) is 5.87. The van der Waals surface area contributed by atoms with Gasteiger partial charge in [0.1, 0.15) is 6.61 Å².